The van der Waals surface area contributed by atoms with Gasteiger partial charge < -0.3 is 15.3 Å². The first kappa shape index (κ1) is 15.3. The van der Waals surface area contributed by atoms with Crippen LogP contribution in [0.25, 0.3) is 0 Å². The van der Waals surface area contributed by atoms with Crippen molar-refractivity contribution in [1.82, 2.24) is 10.2 Å². The molecule has 2 rings (SSSR count). The normalized spacial score (nSPS) is 28.4. The Bertz CT molecular complexity index is 353. The predicted octanol–water partition coefficient (Wildman–Crippen LogP) is 1.34. The number of amides is 1. The van der Waals surface area contributed by atoms with Crippen molar-refractivity contribution in [3.05, 3.63) is 0 Å². The van der Waals surface area contributed by atoms with E-state index in [0.717, 1.165) is 6.54 Å². The highest BCUT2D eigenvalue weighted by Crippen LogP contribution is 2.31. The number of likely N-dealkylation sites (tertiary alicyclic amines) is 1. The largest absolute Gasteiger partial charge is 0.481 e. The highest BCUT2D eigenvalue weighted by atomic mass is 16.4. The summed E-state index contributed by atoms with van der Waals surface area (Å²) in [5.74, 6) is -0.693. The molecule has 2 fully saturated rings. The van der Waals surface area contributed by atoms with E-state index in [2.05, 4.69) is 17.1 Å². The molecule has 1 heterocycles. The number of carboxylic acids is 1. The molecule has 0 spiro atoms. The Hall–Kier alpha value is -1.10. The standard InChI is InChI=1S/C15H26N2O3/c1-11(10-17-6-2-3-7-17)9-16-14(18)12-4-5-13(8-12)15(19)20/h11-13H,2-10H2,1H3,(H,16,18)(H,19,20). The van der Waals surface area contributed by atoms with Gasteiger partial charge in [0.05, 0.1) is 5.92 Å². The van der Waals surface area contributed by atoms with Crippen molar-refractivity contribution in [3.63, 3.8) is 0 Å². The van der Waals surface area contributed by atoms with Crippen LogP contribution in [0.15, 0.2) is 0 Å². The summed E-state index contributed by atoms with van der Waals surface area (Å²) < 4.78 is 0. The topological polar surface area (TPSA) is 69.6 Å². The zero-order chi connectivity index (χ0) is 14.5. The molecule has 0 radical (unpaired) electrons. The van der Waals surface area contributed by atoms with Gasteiger partial charge in [0.15, 0.2) is 0 Å². The third kappa shape index (κ3) is 4.20. The number of hydrogen-bond donors (Lipinski definition) is 2. The summed E-state index contributed by atoms with van der Waals surface area (Å²) in [6, 6.07) is 0. The maximum Gasteiger partial charge on any atom is 0.306 e. The molecule has 2 N–H and O–H groups in total. The van der Waals surface area contributed by atoms with Gasteiger partial charge in [-0.3, -0.25) is 9.59 Å². The maximum absolute atomic E-state index is 12.0. The van der Waals surface area contributed by atoms with E-state index in [1.165, 1.54) is 25.9 Å². The molecule has 5 nitrogen and oxygen atoms in total. The molecule has 0 aromatic carbocycles. The minimum atomic E-state index is -0.761. The van der Waals surface area contributed by atoms with Gasteiger partial charge >= 0.3 is 5.97 Å². The molecule has 1 saturated heterocycles. The molecule has 3 unspecified atom stereocenters. The van der Waals surface area contributed by atoms with Gasteiger partial charge in [-0.15, -0.1) is 0 Å². The van der Waals surface area contributed by atoms with E-state index < -0.39 is 5.97 Å². The molecule has 20 heavy (non-hydrogen) atoms. The van der Waals surface area contributed by atoms with Crippen molar-refractivity contribution < 1.29 is 14.7 Å². The van der Waals surface area contributed by atoms with E-state index in [-0.39, 0.29) is 17.7 Å². The second kappa shape index (κ2) is 7.07. The first-order valence-electron chi connectivity index (χ1n) is 7.79. The lowest BCUT2D eigenvalue weighted by atomic mass is 10.0. The van der Waals surface area contributed by atoms with Crippen LogP contribution in [0.2, 0.25) is 0 Å². The highest BCUT2D eigenvalue weighted by molar-refractivity contribution is 5.80. The van der Waals surface area contributed by atoms with E-state index in [1.807, 2.05) is 0 Å². The van der Waals surface area contributed by atoms with Gasteiger partial charge in [0.2, 0.25) is 5.91 Å². The summed E-state index contributed by atoms with van der Waals surface area (Å²) in [4.78, 5) is 25.4. The molecule has 1 amide bonds. The van der Waals surface area contributed by atoms with E-state index in [4.69, 9.17) is 5.11 Å². The number of carbonyl (C=O) groups is 2. The molecule has 1 aliphatic carbocycles. The van der Waals surface area contributed by atoms with E-state index in [9.17, 15) is 9.59 Å². The van der Waals surface area contributed by atoms with Gasteiger partial charge in [-0.2, -0.15) is 0 Å². The van der Waals surface area contributed by atoms with Gasteiger partial charge in [0.25, 0.3) is 0 Å². The van der Waals surface area contributed by atoms with Crippen LogP contribution in [0.5, 0.6) is 0 Å². The number of hydrogen-bond acceptors (Lipinski definition) is 3. The zero-order valence-electron chi connectivity index (χ0n) is 12.3. The number of nitrogens with one attached hydrogen (secondary N) is 1. The summed E-state index contributed by atoms with van der Waals surface area (Å²) in [5, 5.41) is 12.0. The Morgan fingerprint density at radius 2 is 1.90 bits per heavy atom. The lowest BCUT2D eigenvalue weighted by molar-refractivity contribution is -0.141. The fraction of sp³-hybridized carbons (Fsp3) is 0.867. The Balaban J connectivity index is 1.65. The lowest BCUT2D eigenvalue weighted by Gasteiger charge is -2.21. The molecule has 0 aromatic heterocycles. The van der Waals surface area contributed by atoms with Crippen molar-refractivity contribution in [3.8, 4) is 0 Å². The quantitative estimate of drug-likeness (QED) is 0.771. The van der Waals surface area contributed by atoms with Crippen molar-refractivity contribution in [2.75, 3.05) is 26.2 Å². The summed E-state index contributed by atoms with van der Waals surface area (Å²) in [5.41, 5.74) is 0. The van der Waals surface area contributed by atoms with Crippen LogP contribution in [-0.4, -0.2) is 48.1 Å². The van der Waals surface area contributed by atoms with Gasteiger partial charge in [-0.25, -0.2) is 0 Å². The lowest BCUT2D eigenvalue weighted by Crippen LogP contribution is -2.37. The van der Waals surface area contributed by atoms with Crippen molar-refractivity contribution in [2.24, 2.45) is 17.8 Å². The third-order valence-corrected chi connectivity index (χ3v) is 4.55. The molecular formula is C15H26N2O3. The molecule has 1 saturated carbocycles. The molecule has 114 valence electrons. The Morgan fingerprint density at radius 3 is 2.50 bits per heavy atom. The van der Waals surface area contributed by atoms with Gasteiger partial charge in [-0.05, 0) is 51.1 Å². The van der Waals surface area contributed by atoms with Crippen LogP contribution < -0.4 is 5.32 Å². The third-order valence-electron chi connectivity index (χ3n) is 4.55. The van der Waals surface area contributed by atoms with E-state index in [0.29, 0.717) is 31.7 Å². The first-order valence-corrected chi connectivity index (χ1v) is 7.79. The molecule has 5 heteroatoms. The zero-order valence-corrected chi connectivity index (χ0v) is 12.3. The van der Waals surface area contributed by atoms with Crippen molar-refractivity contribution in [1.29, 1.82) is 0 Å². The van der Waals surface area contributed by atoms with Gasteiger partial charge in [0, 0.05) is 19.0 Å². The van der Waals surface area contributed by atoms with Gasteiger partial charge in [0.1, 0.15) is 0 Å². The van der Waals surface area contributed by atoms with Crippen molar-refractivity contribution in [2.45, 2.75) is 39.0 Å². The fourth-order valence-corrected chi connectivity index (χ4v) is 3.33. The summed E-state index contributed by atoms with van der Waals surface area (Å²) in [6.07, 6.45) is 4.43. The smallest absolute Gasteiger partial charge is 0.306 e. The Kier molecular flexibility index (Phi) is 5.40. The van der Waals surface area contributed by atoms with Crippen molar-refractivity contribution >= 4 is 11.9 Å². The minimum absolute atomic E-state index is 0.0435. The average Bonchev–Trinajstić information content (AvgIpc) is 3.06. The minimum Gasteiger partial charge on any atom is -0.481 e. The summed E-state index contributed by atoms with van der Waals surface area (Å²) in [6.45, 7) is 6.27. The van der Waals surface area contributed by atoms with Crippen LogP contribution >= 0.6 is 0 Å². The highest BCUT2D eigenvalue weighted by Gasteiger charge is 2.33. The van der Waals surface area contributed by atoms with Crippen LogP contribution in [0.3, 0.4) is 0 Å². The van der Waals surface area contributed by atoms with E-state index in [1.54, 1.807) is 0 Å². The average molecular weight is 282 g/mol. The molecule has 0 aromatic rings. The second-order valence-electron chi connectivity index (χ2n) is 6.40. The van der Waals surface area contributed by atoms with E-state index >= 15 is 0 Å². The predicted molar refractivity (Wildman–Crippen MR) is 76.3 cm³/mol. The summed E-state index contributed by atoms with van der Waals surface area (Å²) in [7, 11) is 0. The number of carboxylic acid groups (broad SMARTS) is 1. The number of aliphatic carboxylic acids is 1. The Labute approximate surface area is 120 Å². The van der Waals surface area contributed by atoms with Crippen LogP contribution in [-0.2, 0) is 9.59 Å². The SMILES string of the molecule is CC(CNC(=O)C1CCC(C(=O)O)C1)CN1CCCC1. The number of rotatable bonds is 6. The summed E-state index contributed by atoms with van der Waals surface area (Å²) >= 11 is 0. The van der Waals surface area contributed by atoms with Crippen LogP contribution in [0, 0.1) is 17.8 Å². The Morgan fingerprint density at radius 1 is 1.25 bits per heavy atom. The molecule has 0 bridgehead atoms. The fourth-order valence-electron chi connectivity index (χ4n) is 3.33. The van der Waals surface area contributed by atoms with Crippen LogP contribution in [0.1, 0.15) is 39.0 Å². The number of carbonyl (C=O) groups excluding carboxylic acids is 1. The second-order valence-corrected chi connectivity index (χ2v) is 6.40. The molecule has 2 aliphatic rings. The van der Waals surface area contributed by atoms with Gasteiger partial charge in [-0.1, -0.05) is 6.92 Å². The molecule has 1 aliphatic heterocycles. The molecular weight excluding hydrogens is 256 g/mol. The maximum atomic E-state index is 12.0. The first-order chi connectivity index (χ1) is 9.56. The number of nitrogens with zero attached hydrogens (tertiary/aromatic N) is 1. The molecule has 3 atom stereocenters. The van der Waals surface area contributed by atoms with Crippen LogP contribution in [0.4, 0.5) is 0 Å². The monoisotopic (exact) mass is 282 g/mol.